The number of hydrogen-bond donors (Lipinski definition) is 3. The van der Waals surface area contributed by atoms with Gasteiger partial charge in [-0.25, -0.2) is 10.3 Å². The van der Waals surface area contributed by atoms with Crippen molar-refractivity contribution >= 4 is 17.7 Å². The number of benzene rings is 2. The molecule has 2 amide bonds. The van der Waals surface area contributed by atoms with E-state index in [1.165, 1.54) is 11.1 Å². The zero-order valence-electron chi connectivity index (χ0n) is 19.1. The molecular formula is C25H33N3O5. The predicted octanol–water partition coefficient (Wildman–Crippen LogP) is 3.53. The first-order valence-electron chi connectivity index (χ1n) is 11.4. The molecule has 178 valence electrons. The number of hydroxylamine groups is 1. The highest BCUT2D eigenvalue weighted by Crippen LogP contribution is 2.15. The summed E-state index contributed by atoms with van der Waals surface area (Å²) in [6, 6.07) is 15.8. The Labute approximate surface area is 194 Å². The zero-order valence-corrected chi connectivity index (χ0v) is 19.1. The van der Waals surface area contributed by atoms with Crippen LogP contribution in [0.15, 0.2) is 48.5 Å². The Balaban J connectivity index is 1.34. The van der Waals surface area contributed by atoms with Gasteiger partial charge in [-0.2, -0.15) is 0 Å². The lowest BCUT2D eigenvalue weighted by molar-refractivity contribution is -0.128. The molecule has 2 aromatic rings. The van der Waals surface area contributed by atoms with Crippen molar-refractivity contribution in [3.63, 3.8) is 0 Å². The van der Waals surface area contributed by atoms with E-state index in [-0.39, 0.29) is 12.6 Å². The minimum Gasteiger partial charge on any atom is -0.430 e. The molecule has 0 aromatic heterocycles. The normalized spacial score (nSPS) is 15.0. The van der Waals surface area contributed by atoms with E-state index in [4.69, 9.17) is 14.7 Å². The van der Waals surface area contributed by atoms with E-state index < -0.39 is 12.0 Å². The van der Waals surface area contributed by atoms with Gasteiger partial charge in [0.05, 0.1) is 19.6 Å². The number of nitrogens with one attached hydrogen (secondary N) is 2. The zero-order chi connectivity index (χ0) is 23.5. The molecule has 1 unspecified atom stereocenters. The molecule has 3 N–H and O–H groups in total. The lowest BCUT2D eigenvalue weighted by Crippen LogP contribution is -2.44. The Bertz CT molecular complexity index is 880. The molecule has 8 heteroatoms. The molecule has 3 rings (SSSR count). The first-order valence-corrected chi connectivity index (χ1v) is 11.4. The number of ether oxygens (including phenoxy) is 2. The van der Waals surface area contributed by atoms with Gasteiger partial charge >= 0.3 is 6.09 Å². The van der Waals surface area contributed by atoms with Gasteiger partial charge in [0.25, 0.3) is 0 Å². The number of carbonyl (C=O) groups excluding carboxylic acids is 2. The maximum Gasteiger partial charge on any atom is 0.413 e. The van der Waals surface area contributed by atoms with Gasteiger partial charge in [0.15, 0.2) is 6.23 Å². The average Bonchev–Trinajstić information content (AvgIpc) is 2.84. The quantitative estimate of drug-likeness (QED) is 0.288. The number of hydrogen-bond acceptors (Lipinski definition) is 6. The predicted molar refractivity (Wildman–Crippen MR) is 125 cm³/mol. The Kier molecular flexibility index (Phi) is 9.68. The van der Waals surface area contributed by atoms with Crippen LogP contribution in [0.1, 0.15) is 36.5 Å². The number of morpholine rings is 1. The van der Waals surface area contributed by atoms with Crippen molar-refractivity contribution in [2.24, 2.45) is 0 Å². The summed E-state index contributed by atoms with van der Waals surface area (Å²) in [7, 11) is 0. The van der Waals surface area contributed by atoms with Crippen LogP contribution in [0.5, 0.6) is 0 Å². The Hall–Kier alpha value is -2.94. The fourth-order valence-corrected chi connectivity index (χ4v) is 3.78. The van der Waals surface area contributed by atoms with Crippen LogP contribution in [0.4, 0.5) is 10.5 Å². The van der Waals surface area contributed by atoms with Crippen LogP contribution >= 0.6 is 0 Å². The van der Waals surface area contributed by atoms with E-state index in [1.807, 2.05) is 55.5 Å². The first-order chi connectivity index (χ1) is 16.0. The van der Waals surface area contributed by atoms with Gasteiger partial charge in [0.1, 0.15) is 0 Å². The van der Waals surface area contributed by atoms with Gasteiger partial charge in [-0.3, -0.25) is 20.2 Å². The van der Waals surface area contributed by atoms with Crippen molar-refractivity contribution < 1.29 is 24.3 Å². The van der Waals surface area contributed by atoms with Gasteiger partial charge < -0.3 is 9.47 Å². The van der Waals surface area contributed by atoms with E-state index >= 15 is 0 Å². The van der Waals surface area contributed by atoms with Gasteiger partial charge in [-0.05, 0) is 61.4 Å². The third-order valence-electron chi connectivity index (χ3n) is 5.73. The standard InChI is InChI=1S/C25H33N3O5/c1-19(28-14-16-32-17-15-28)33-25(30)26-23-12-10-21(11-13-23)5-3-2-4-20-6-8-22(9-7-20)18-24(29)27-31/h6-13,19,31H,2-5,14-18H2,1H3,(H,26,30)(H,27,29). The molecule has 33 heavy (non-hydrogen) atoms. The van der Waals surface area contributed by atoms with Crippen molar-refractivity contribution in [1.82, 2.24) is 10.4 Å². The summed E-state index contributed by atoms with van der Waals surface area (Å²) >= 11 is 0. The van der Waals surface area contributed by atoms with Gasteiger partial charge in [-0.15, -0.1) is 0 Å². The maximum absolute atomic E-state index is 12.2. The van der Waals surface area contributed by atoms with Gasteiger partial charge in [0, 0.05) is 18.8 Å². The van der Waals surface area contributed by atoms with Crippen LogP contribution in [-0.2, 0) is 33.5 Å². The van der Waals surface area contributed by atoms with E-state index in [2.05, 4.69) is 10.2 Å². The van der Waals surface area contributed by atoms with Crippen molar-refractivity contribution in [3.05, 3.63) is 65.2 Å². The molecule has 1 aliphatic heterocycles. The van der Waals surface area contributed by atoms with Gasteiger partial charge in [-0.1, -0.05) is 36.4 Å². The lowest BCUT2D eigenvalue weighted by Gasteiger charge is -2.31. The SMILES string of the molecule is CC(OC(=O)Nc1ccc(CCCCc2ccc(CC(=O)NO)cc2)cc1)N1CCOCC1. The first kappa shape index (κ1) is 24.7. The summed E-state index contributed by atoms with van der Waals surface area (Å²) in [6.45, 7) is 4.72. The van der Waals surface area contributed by atoms with Crippen molar-refractivity contribution in [3.8, 4) is 0 Å². The van der Waals surface area contributed by atoms with Crippen LogP contribution in [-0.4, -0.2) is 54.6 Å². The second-order valence-corrected chi connectivity index (χ2v) is 8.21. The molecule has 1 saturated heterocycles. The van der Waals surface area contributed by atoms with Crippen LogP contribution in [0, 0.1) is 0 Å². The minimum atomic E-state index is -0.454. The number of aryl methyl sites for hydroxylation is 2. The van der Waals surface area contributed by atoms with E-state index in [0.29, 0.717) is 18.9 Å². The smallest absolute Gasteiger partial charge is 0.413 e. The summed E-state index contributed by atoms with van der Waals surface area (Å²) in [5.74, 6) is -0.414. The van der Waals surface area contributed by atoms with Gasteiger partial charge in [0.2, 0.25) is 5.91 Å². The molecule has 0 radical (unpaired) electrons. The van der Waals surface area contributed by atoms with Crippen LogP contribution in [0.2, 0.25) is 0 Å². The highest BCUT2D eigenvalue weighted by molar-refractivity contribution is 5.84. The largest absolute Gasteiger partial charge is 0.430 e. The van der Waals surface area contributed by atoms with Crippen molar-refractivity contribution in [1.29, 1.82) is 0 Å². The molecule has 8 nitrogen and oxygen atoms in total. The average molecular weight is 456 g/mol. The van der Waals surface area contributed by atoms with Crippen LogP contribution < -0.4 is 10.8 Å². The highest BCUT2D eigenvalue weighted by atomic mass is 16.6. The molecule has 0 aliphatic carbocycles. The monoisotopic (exact) mass is 455 g/mol. The molecule has 1 aliphatic rings. The molecule has 1 atom stereocenters. The maximum atomic E-state index is 12.2. The van der Waals surface area contributed by atoms with E-state index in [9.17, 15) is 9.59 Å². The number of carbonyl (C=O) groups is 2. The number of unbranched alkanes of at least 4 members (excludes halogenated alkanes) is 1. The Morgan fingerprint density at radius 1 is 0.970 bits per heavy atom. The summed E-state index contributed by atoms with van der Waals surface area (Å²) in [5, 5.41) is 11.4. The van der Waals surface area contributed by atoms with Crippen molar-refractivity contribution in [2.75, 3.05) is 31.6 Å². The minimum absolute atomic E-state index is 0.173. The fraction of sp³-hybridized carbons (Fsp3) is 0.440. The molecule has 1 heterocycles. The van der Waals surface area contributed by atoms with Crippen molar-refractivity contribution in [2.45, 2.75) is 45.3 Å². The van der Waals surface area contributed by atoms with Crippen LogP contribution in [0.25, 0.3) is 0 Å². The summed E-state index contributed by atoms with van der Waals surface area (Å²) in [4.78, 5) is 25.4. The summed E-state index contributed by atoms with van der Waals surface area (Å²) in [6.07, 6.45) is 3.48. The molecule has 0 spiro atoms. The third-order valence-corrected chi connectivity index (χ3v) is 5.73. The second-order valence-electron chi connectivity index (χ2n) is 8.21. The third kappa shape index (κ3) is 8.49. The fourth-order valence-electron chi connectivity index (χ4n) is 3.78. The molecule has 1 fully saturated rings. The molecular weight excluding hydrogens is 422 g/mol. The highest BCUT2D eigenvalue weighted by Gasteiger charge is 2.20. The number of amides is 2. The number of nitrogens with zero attached hydrogens (tertiary/aromatic N) is 1. The number of anilines is 1. The summed E-state index contributed by atoms with van der Waals surface area (Å²) in [5.41, 5.74) is 5.69. The molecule has 2 aromatic carbocycles. The second kappa shape index (κ2) is 12.9. The van der Waals surface area contributed by atoms with E-state index in [0.717, 1.165) is 44.3 Å². The Morgan fingerprint density at radius 3 is 2.09 bits per heavy atom. The molecule has 0 bridgehead atoms. The summed E-state index contributed by atoms with van der Waals surface area (Å²) < 4.78 is 10.8. The molecule has 0 saturated carbocycles. The van der Waals surface area contributed by atoms with E-state index in [1.54, 1.807) is 5.48 Å². The van der Waals surface area contributed by atoms with Crippen LogP contribution in [0.3, 0.4) is 0 Å². The number of rotatable bonds is 10. The Morgan fingerprint density at radius 2 is 1.52 bits per heavy atom. The lowest BCUT2D eigenvalue weighted by atomic mass is 10.0. The topological polar surface area (TPSA) is 100 Å².